The predicted molar refractivity (Wildman–Crippen MR) is 60.7 cm³/mol. The molecular formula is C12H10N2O2. The molecule has 1 aliphatic rings. The largest absolute Gasteiger partial charge is 0.283 e. The number of para-hydroxylation sites is 4. The second-order valence-corrected chi connectivity index (χ2v) is 3.60. The van der Waals surface area contributed by atoms with Crippen molar-refractivity contribution in [3.8, 4) is 0 Å². The van der Waals surface area contributed by atoms with Gasteiger partial charge in [-0.15, -0.1) is 0 Å². The van der Waals surface area contributed by atoms with Crippen LogP contribution in [0.5, 0.6) is 0 Å². The van der Waals surface area contributed by atoms with E-state index in [1.165, 1.54) is 0 Å². The molecule has 1 aliphatic heterocycles. The standard InChI is InChI=1S/C12H10N2O2/c15-13-9-5-1-2-6-10(9)14(16)12-8-4-3-7-11(12)13/h1-8,15-16H. The van der Waals surface area contributed by atoms with E-state index in [2.05, 4.69) is 0 Å². The first-order chi connectivity index (χ1) is 7.79. The highest BCUT2D eigenvalue weighted by Gasteiger charge is 2.25. The third-order valence-corrected chi connectivity index (χ3v) is 2.68. The van der Waals surface area contributed by atoms with Crippen LogP contribution in [0.4, 0.5) is 22.7 Å². The first kappa shape index (κ1) is 9.21. The van der Waals surface area contributed by atoms with E-state index in [-0.39, 0.29) is 0 Å². The lowest BCUT2D eigenvalue weighted by molar-refractivity contribution is 0.273. The van der Waals surface area contributed by atoms with Gasteiger partial charge in [0, 0.05) is 0 Å². The molecule has 0 atom stereocenters. The molecular weight excluding hydrogens is 204 g/mol. The van der Waals surface area contributed by atoms with Crippen LogP contribution in [-0.2, 0) is 0 Å². The van der Waals surface area contributed by atoms with E-state index in [0.29, 0.717) is 22.7 Å². The summed E-state index contributed by atoms with van der Waals surface area (Å²) in [5, 5.41) is 22.2. The maximum Gasteiger partial charge on any atom is 0.0955 e. The van der Waals surface area contributed by atoms with E-state index in [4.69, 9.17) is 0 Å². The normalized spacial score (nSPS) is 13.4. The Kier molecular flexibility index (Phi) is 1.86. The van der Waals surface area contributed by atoms with Crippen molar-refractivity contribution in [1.29, 1.82) is 0 Å². The molecule has 2 N–H and O–H groups in total. The van der Waals surface area contributed by atoms with Crippen LogP contribution in [0.1, 0.15) is 0 Å². The summed E-state index contributed by atoms with van der Waals surface area (Å²) >= 11 is 0. The number of rotatable bonds is 0. The fraction of sp³-hybridized carbons (Fsp3) is 0. The lowest BCUT2D eigenvalue weighted by Gasteiger charge is -2.32. The van der Waals surface area contributed by atoms with Crippen LogP contribution in [-0.4, -0.2) is 10.4 Å². The molecule has 4 heteroatoms. The van der Waals surface area contributed by atoms with Crippen LogP contribution in [0.25, 0.3) is 0 Å². The molecule has 0 radical (unpaired) electrons. The molecule has 3 rings (SSSR count). The Balaban J connectivity index is 2.26. The van der Waals surface area contributed by atoms with E-state index < -0.39 is 0 Å². The van der Waals surface area contributed by atoms with Gasteiger partial charge in [-0.3, -0.25) is 10.4 Å². The smallest absolute Gasteiger partial charge is 0.0955 e. The molecule has 0 aliphatic carbocycles. The summed E-state index contributed by atoms with van der Waals surface area (Å²) in [5.41, 5.74) is 2.24. The Bertz CT molecular complexity index is 447. The van der Waals surface area contributed by atoms with Crippen molar-refractivity contribution in [2.75, 3.05) is 10.1 Å². The zero-order valence-electron chi connectivity index (χ0n) is 8.41. The summed E-state index contributed by atoms with van der Waals surface area (Å²) in [4.78, 5) is 0. The molecule has 2 aromatic carbocycles. The van der Waals surface area contributed by atoms with E-state index in [9.17, 15) is 10.4 Å². The molecule has 1 heterocycles. The van der Waals surface area contributed by atoms with Crippen molar-refractivity contribution in [2.45, 2.75) is 0 Å². The molecule has 2 aromatic rings. The maximum atomic E-state index is 10.0. The topological polar surface area (TPSA) is 46.9 Å². The number of nitrogens with zero attached hydrogens (tertiary/aromatic N) is 2. The van der Waals surface area contributed by atoms with Gasteiger partial charge >= 0.3 is 0 Å². The van der Waals surface area contributed by atoms with E-state index in [1.54, 1.807) is 24.3 Å². The minimum atomic E-state index is 0.559. The average molecular weight is 214 g/mol. The van der Waals surface area contributed by atoms with Gasteiger partial charge in [0.05, 0.1) is 22.7 Å². The Morgan fingerprint density at radius 3 is 1.06 bits per heavy atom. The first-order valence-corrected chi connectivity index (χ1v) is 4.95. The third-order valence-electron chi connectivity index (χ3n) is 2.68. The van der Waals surface area contributed by atoms with Crippen LogP contribution in [0.3, 0.4) is 0 Å². The van der Waals surface area contributed by atoms with Gasteiger partial charge in [0.15, 0.2) is 0 Å². The molecule has 80 valence electrons. The van der Waals surface area contributed by atoms with Gasteiger partial charge < -0.3 is 0 Å². The molecule has 0 aromatic heterocycles. The van der Waals surface area contributed by atoms with Gasteiger partial charge in [0.2, 0.25) is 0 Å². The van der Waals surface area contributed by atoms with E-state index in [0.717, 1.165) is 10.1 Å². The Morgan fingerprint density at radius 1 is 0.562 bits per heavy atom. The highest BCUT2D eigenvalue weighted by Crippen LogP contribution is 2.45. The van der Waals surface area contributed by atoms with E-state index in [1.807, 2.05) is 24.3 Å². The highest BCUT2D eigenvalue weighted by atomic mass is 16.5. The summed E-state index contributed by atoms with van der Waals surface area (Å²) in [6.45, 7) is 0. The van der Waals surface area contributed by atoms with E-state index >= 15 is 0 Å². The van der Waals surface area contributed by atoms with Gasteiger partial charge in [-0.25, -0.2) is 10.1 Å². The number of benzene rings is 2. The Hall–Kier alpha value is -2.04. The first-order valence-electron chi connectivity index (χ1n) is 4.95. The fourth-order valence-corrected chi connectivity index (χ4v) is 1.90. The summed E-state index contributed by atoms with van der Waals surface area (Å²) in [6.07, 6.45) is 0. The molecule has 0 saturated carbocycles. The second kappa shape index (κ2) is 3.23. The van der Waals surface area contributed by atoms with Crippen molar-refractivity contribution in [2.24, 2.45) is 0 Å². The molecule has 4 nitrogen and oxygen atoms in total. The summed E-state index contributed by atoms with van der Waals surface area (Å²) in [5.74, 6) is 0. The summed E-state index contributed by atoms with van der Waals surface area (Å²) in [7, 11) is 0. The van der Waals surface area contributed by atoms with Crippen LogP contribution < -0.4 is 10.1 Å². The van der Waals surface area contributed by atoms with Crippen LogP contribution in [0.2, 0.25) is 0 Å². The van der Waals surface area contributed by atoms with Gasteiger partial charge in [-0.1, -0.05) is 24.3 Å². The molecule has 0 saturated heterocycles. The van der Waals surface area contributed by atoms with Gasteiger partial charge in [0.1, 0.15) is 0 Å². The summed E-state index contributed by atoms with van der Waals surface area (Å²) in [6, 6.07) is 14.2. The number of anilines is 4. The summed E-state index contributed by atoms with van der Waals surface area (Å²) < 4.78 is 0. The minimum Gasteiger partial charge on any atom is -0.283 e. The zero-order valence-corrected chi connectivity index (χ0v) is 8.41. The van der Waals surface area contributed by atoms with Crippen molar-refractivity contribution < 1.29 is 10.4 Å². The van der Waals surface area contributed by atoms with Crippen molar-refractivity contribution in [3.63, 3.8) is 0 Å². The van der Waals surface area contributed by atoms with Crippen molar-refractivity contribution in [1.82, 2.24) is 0 Å². The fourth-order valence-electron chi connectivity index (χ4n) is 1.90. The monoisotopic (exact) mass is 214 g/mol. The van der Waals surface area contributed by atoms with Gasteiger partial charge in [0.25, 0.3) is 0 Å². The number of hydrogen-bond donors (Lipinski definition) is 2. The Morgan fingerprint density at radius 2 is 0.812 bits per heavy atom. The second-order valence-electron chi connectivity index (χ2n) is 3.60. The minimum absolute atomic E-state index is 0.559. The molecule has 0 amide bonds. The van der Waals surface area contributed by atoms with Gasteiger partial charge in [-0.2, -0.15) is 0 Å². The lowest BCUT2D eigenvalue weighted by atomic mass is 10.1. The highest BCUT2D eigenvalue weighted by molar-refractivity contribution is 5.90. The maximum absolute atomic E-state index is 10.0. The van der Waals surface area contributed by atoms with Crippen LogP contribution >= 0.6 is 0 Å². The zero-order chi connectivity index (χ0) is 11.1. The quantitative estimate of drug-likeness (QED) is 0.707. The van der Waals surface area contributed by atoms with Crippen molar-refractivity contribution in [3.05, 3.63) is 48.5 Å². The number of fused-ring (bicyclic) bond motifs is 2. The SMILES string of the molecule is ON1c2ccccc2N(O)c2ccccc21. The molecule has 0 fully saturated rings. The van der Waals surface area contributed by atoms with Gasteiger partial charge in [-0.05, 0) is 24.3 Å². The van der Waals surface area contributed by atoms with Crippen LogP contribution in [0.15, 0.2) is 48.5 Å². The van der Waals surface area contributed by atoms with Crippen molar-refractivity contribution >= 4 is 22.7 Å². The lowest BCUT2D eigenvalue weighted by Crippen LogP contribution is -2.24. The third kappa shape index (κ3) is 1.11. The average Bonchev–Trinajstić information content (AvgIpc) is 2.36. The number of hydrogen-bond acceptors (Lipinski definition) is 4. The molecule has 0 bridgehead atoms. The molecule has 0 unspecified atom stereocenters. The van der Waals surface area contributed by atoms with Crippen LogP contribution in [0, 0.1) is 0 Å². The predicted octanol–water partition coefficient (Wildman–Crippen LogP) is 3.05. The molecule has 0 spiro atoms. The Labute approximate surface area is 92.5 Å². The molecule has 16 heavy (non-hydrogen) atoms.